The lowest BCUT2D eigenvalue weighted by Gasteiger charge is -2.13. The Balaban J connectivity index is 2.54. The number of carbonyl (C=O) groups excluding carboxylic acids is 1. The first-order valence-electron chi connectivity index (χ1n) is 5.82. The van der Waals surface area contributed by atoms with Crippen LogP contribution in [0.4, 0.5) is 0 Å². The number of hydrogen-bond acceptors (Lipinski definition) is 3. The van der Waals surface area contributed by atoms with Crippen LogP contribution in [0.3, 0.4) is 0 Å². The standard InChI is InChI=1S/C14H17NO4/c1-15(10-9-14(17)18)13(16)8-5-11-3-6-12(19-2)7-4-11/h3-8H,9-10H2,1-2H3,(H,17,18). The molecule has 0 spiro atoms. The third kappa shape index (κ3) is 5.25. The van der Waals surface area contributed by atoms with Crippen LogP contribution in [0.15, 0.2) is 30.3 Å². The number of rotatable bonds is 6. The van der Waals surface area contributed by atoms with Gasteiger partial charge in [-0.3, -0.25) is 9.59 Å². The first-order chi connectivity index (χ1) is 9.02. The quantitative estimate of drug-likeness (QED) is 0.792. The monoisotopic (exact) mass is 263 g/mol. The Bertz CT molecular complexity index is 465. The highest BCUT2D eigenvalue weighted by atomic mass is 16.5. The topological polar surface area (TPSA) is 66.8 Å². The molecule has 0 radical (unpaired) electrons. The average molecular weight is 263 g/mol. The maximum absolute atomic E-state index is 11.7. The fourth-order valence-electron chi connectivity index (χ4n) is 1.38. The minimum Gasteiger partial charge on any atom is -0.497 e. The van der Waals surface area contributed by atoms with E-state index >= 15 is 0 Å². The summed E-state index contributed by atoms with van der Waals surface area (Å²) < 4.78 is 5.03. The summed E-state index contributed by atoms with van der Waals surface area (Å²) in [5.74, 6) is -0.391. The molecule has 0 bridgehead atoms. The third-order valence-corrected chi connectivity index (χ3v) is 2.57. The molecule has 1 aromatic rings. The van der Waals surface area contributed by atoms with Crippen LogP contribution in [-0.2, 0) is 9.59 Å². The Hall–Kier alpha value is -2.30. The van der Waals surface area contributed by atoms with Crippen molar-refractivity contribution < 1.29 is 19.4 Å². The lowest BCUT2D eigenvalue weighted by atomic mass is 10.2. The molecule has 0 aliphatic rings. The molecule has 0 fully saturated rings. The van der Waals surface area contributed by atoms with Gasteiger partial charge in [0.05, 0.1) is 13.5 Å². The van der Waals surface area contributed by atoms with E-state index in [4.69, 9.17) is 9.84 Å². The summed E-state index contributed by atoms with van der Waals surface area (Å²) in [6.45, 7) is 0.196. The van der Waals surface area contributed by atoms with Crippen molar-refractivity contribution in [1.82, 2.24) is 4.90 Å². The minimum atomic E-state index is -0.918. The number of hydrogen-bond donors (Lipinski definition) is 1. The number of aliphatic carboxylic acids is 1. The molecule has 0 atom stereocenters. The van der Waals surface area contributed by atoms with Crippen molar-refractivity contribution in [3.63, 3.8) is 0 Å². The maximum Gasteiger partial charge on any atom is 0.305 e. The Morgan fingerprint density at radius 3 is 2.47 bits per heavy atom. The Morgan fingerprint density at radius 1 is 1.32 bits per heavy atom. The summed E-state index contributed by atoms with van der Waals surface area (Å²) >= 11 is 0. The molecule has 0 aromatic heterocycles. The zero-order valence-electron chi connectivity index (χ0n) is 11.0. The highest BCUT2D eigenvalue weighted by Gasteiger charge is 2.06. The summed E-state index contributed by atoms with van der Waals surface area (Å²) in [5, 5.41) is 8.53. The molecular weight excluding hydrogens is 246 g/mol. The van der Waals surface area contributed by atoms with Crippen molar-refractivity contribution in [2.24, 2.45) is 0 Å². The maximum atomic E-state index is 11.7. The van der Waals surface area contributed by atoms with E-state index in [-0.39, 0.29) is 18.9 Å². The zero-order chi connectivity index (χ0) is 14.3. The lowest BCUT2D eigenvalue weighted by molar-refractivity contribution is -0.137. The van der Waals surface area contributed by atoms with Crippen molar-refractivity contribution in [2.75, 3.05) is 20.7 Å². The molecule has 5 nitrogen and oxygen atoms in total. The van der Waals surface area contributed by atoms with E-state index in [0.717, 1.165) is 11.3 Å². The van der Waals surface area contributed by atoms with Gasteiger partial charge < -0.3 is 14.7 Å². The molecule has 102 valence electrons. The van der Waals surface area contributed by atoms with Crippen LogP contribution >= 0.6 is 0 Å². The molecule has 1 N–H and O–H groups in total. The second kappa shape index (κ2) is 7.20. The number of nitrogens with zero attached hydrogens (tertiary/aromatic N) is 1. The number of carboxylic acids is 1. The zero-order valence-corrected chi connectivity index (χ0v) is 11.0. The fourth-order valence-corrected chi connectivity index (χ4v) is 1.38. The summed E-state index contributed by atoms with van der Waals surface area (Å²) in [7, 11) is 3.16. The average Bonchev–Trinajstić information content (AvgIpc) is 2.42. The smallest absolute Gasteiger partial charge is 0.305 e. The van der Waals surface area contributed by atoms with Crippen molar-refractivity contribution in [1.29, 1.82) is 0 Å². The Labute approximate surface area is 112 Å². The van der Waals surface area contributed by atoms with E-state index < -0.39 is 5.97 Å². The van der Waals surface area contributed by atoms with Crippen molar-refractivity contribution >= 4 is 18.0 Å². The molecule has 0 aliphatic heterocycles. The van der Waals surface area contributed by atoms with E-state index in [1.165, 1.54) is 11.0 Å². The fraction of sp³-hybridized carbons (Fsp3) is 0.286. The minimum absolute atomic E-state index is 0.0569. The SMILES string of the molecule is COc1ccc(C=CC(=O)N(C)CCC(=O)O)cc1. The molecule has 19 heavy (non-hydrogen) atoms. The normalized spacial score (nSPS) is 10.4. The summed E-state index contributed by atoms with van der Waals surface area (Å²) in [6.07, 6.45) is 3.04. The molecule has 0 heterocycles. The molecule has 0 aliphatic carbocycles. The highest BCUT2D eigenvalue weighted by molar-refractivity contribution is 5.91. The van der Waals surface area contributed by atoms with Crippen molar-refractivity contribution in [3.05, 3.63) is 35.9 Å². The molecule has 0 saturated heterocycles. The predicted molar refractivity (Wildman–Crippen MR) is 71.9 cm³/mol. The lowest BCUT2D eigenvalue weighted by Crippen LogP contribution is -2.27. The van der Waals surface area contributed by atoms with E-state index in [9.17, 15) is 9.59 Å². The van der Waals surface area contributed by atoms with Gasteiger partial charge in [0, 0.05) is 19.7 Å². The Kier molecular flexibility index (Phi) is 5.60. The van der Waals surface area contributed by atoms with Gasteiger partial charge in [0.25, 0.3) is 0 Å². The van der Waals surface area contributed by atoms with Crippen molar-refractivity contribution in [2.45, 2.75) is 6.42 Å². The largest absolute Gasteiger partial charge is 0.497 e. The number of ether oxygens (including phenoxy) is 1. The van der Waals surface area contributed by atoms with Crippen LogP contribution in [0.1, 0.15) is 12.0 Å². The van der Waals surface area contributed by atoms with E-state index in [1.54, 1.807) is 32.4 Å². The molecule has 1 aromatic carbocycles. The molecule has 0 saturated carbocycles. The van der Waals surface area contributed by atoms with Gasteiger partial charge in [-0.15, -0.1) is 0 Å². The second-order valence-electron chi connectivity index (χ2n) is 4.01. The van der Waals surface area contributed by atoms with E-state index in [0.29, 0.717) is 0 Å². The van der Waals surface area contributed by atoms with Crippen LogP contribution in [0.2, 0.25) is 0 Å². The van der Waals surface area contributed by atoms with Gasteiger partial charge in [-0.25, -0.2) is 0 Å². The van der Waals surface area contributed by atoms with Crippen LogP contribution in [-0.4, -0.2) is 42.6 Å². The van der Waals surface area contributed by atoms with Gasteiger partial charge in [0.2, 0.25) is 5.91 Å². The van der Waals surface area contributed by atoms with Gasteiger partial charge in [0.1, 0.15) is 5.75 Å². The van der Waals surface area contributed by atoms with Gasteiger partial charge >= 0.3 is 5.97 Å². The third-order valence-electron chi connectivity index (χ3n) is 2.57. The van der Waals surface area contributed by atoms with Gasteiger partial charge in [0.15, 0.2) is 0 Å². The van der Waals surface area contributed by atoms with Crippen LogP contribution in [0, 0.1) is 0 Å². The number of likely N-dealkylation sites (N-methyl/N-ethyl adjacent to an activating group) is 1. The number of amides is 1. The van der Waals surface area contributed by atoms with Gasteiger partial charge in [-0.2, -0.15) is 0 Å². The van der Waals surface area contributed by atoms with Gasteiger partial charge in [-0.1, -0.05) is 12.1 Å². The summed E-state index contributed by atoms with van der Waals surface area (Å²) in [5.41, 5.74) is 0.876. The second-order valence-corrected chi connectivity index (χ2v) is 4.01. The van der Waals surface area contributed by atoms with E-state index in [1.807, 2.05) is 12.1 Å². The molecule has 1 amide bonds. The summed E-state index contributed by atoms with van der Waals surface area (Å²) in [4.78, 5) is 23.4. The van der Waals surface area contributed by atoms with Crippen molar-refractivity contribution in [3.8, 4) is 5.75 Å². The molecule has 1 rings (SSSR count). The molecular formula is C14H17NO4. The van der Waals surface area contributed by atoms with Crippen LogP contribution in [0.5, 0.6) is 5.75 Å². The molecule has 0 unspecified atom stereocenters. The predicted octanol–water partition coefficient (Wildman–Crippen LogP) is 1.64. The van der Waals surface area contributed by atoms with Crippen LogP contribution in [0.25, 0.3) is 6.08 Å². The number of benzene rings is 1. The van der Waals surface area contributed by atoms with E-state index in [2.05, 4.69) is 0 Å². The number of carboxylic acid groups (broad SMARTS) is 1. The van der Waals surface area contributed by atoms with Crippen LogP contribution < -0.4 is 4.74 Å². The first-order valence-corrected chi connectivity index (χ1v) is 5.82. The summed E-state index contributed by atoms with van der Waals surface area (Å²) in [6, 6.07) is 7.27. The first kappa shape index (κ1) is 14.8. The highest BCUT2D eigenvalue weighted by Crippen LogP contribution is 2.12. The van der Waals surface area contributed by atoms with Gasteiger partial charge in [-0.05, 0) is 23.8 Å². The molecule has 5 heteroatoms. The number of carbonyl (C=O) groups is 2. The Morgan fingerprint density at radius 2 is 1.95 bits per heavy atom. The number of methoxy groups -OCH3 is 1.